The van der Waals surface area contributed by atoms with E-state index in [0.717, 1.165) is 16.6 Å². The Hall–Kier alpha value is -3.34. The number of hydrogen-bond donors (Lipinski definition) is 3. The topological polar surface area (TPSA) is 78.4 Å². The molecule has 134 valence electrons. The molecule has 0 radical (unpaired) electrons. The second-order valence-corrected chi connectivity index (χ2v) is 6.07. The van der Waals surface area contributed by atoms with Crippen molar-refractivity contribution in [3.8, 4) is 5.75 Å². The first-order chi connectivity index (χ1) is 12.5. The van der Waals surface area contributed by atoms with Crippen LogP contribution in [0.5, 0.6) is 5.75 Å². The van der Waals surface area contributed by atoms with Gasteiger partial charge in [0.2, 0.25) is 5.91 Å². The van der Waals surface area contributed by atoms with Gasteiger partial charge in [0, 0.05) is 26.0 Å². The van der Waals surface area contributed by atoms with Gasteiger partial charge in [-0.15, -0.1) is 0 Å². The van der Waals surface area contributed by atoms with Gasteiger partial charge in [-0.05, 0) is 35.6 Å². The van der Waals surface area contributed by atoms with Crippen LogP contribution in [0.25, 0.3) is 10.8 Å². The average Bonchev–Trinajstić information content (AvgIpc) is 2.63. The zero-order valence-corrected chi connectivity index (χ0v) is 14.5. The highest BCUT2D eigenvalue weighted by Crippen LogP contribution is 2.28. The Kier molecular flexibility index (Phi) is 5.17. The van der Waals surface area contributed by atoms with Gasteiger partial charge in [-0.1, -0.05) is 42.5 Å². The zero-order valence-electron chi connectivity index (χ0n) is 14.5. The molecule has 5 nitrogen and oxygen atoms in total. The molecule has 0 atom stereocenters. The van der Waals surface area contributed by atoms with Gasteiger partial charge < -0.3 is 15.7 Å². The number of fused-ring (bicyclic) bond motifs is 1. The second kappa shape index (κ2) is 7.70. The number of hydrogen-bond acceptors (Lipinski definition) is 3. The summed E-state index contributed by atoms with van der Waals surface area (Å²) in [4.78, 5) is 23.4. The molecule has 3 aromatic carbocycles. The molecule has 2 amide bonds. The lowest BCUT2D eigenvalue weighted by molar-refractivity contribution is -0.114. The highest BCUT2D eigenvalue weighted by atomic mass is 16.3. The number of carbonyl (C=O) groups is 2. The number of anilines is 1. The Morgan fingerprint density at radius 2 is 1.73 bits per heavy atom. The fourth-order valence-corrected chi connectivity index (χ4v) is 2.81. The summed E-state index contributed by atoms with van der Waals surface area (Å²) >= 11 is 0. The third-order valence-electron chi connectivity index (χ3n) is 4.12. The molecule has 0 aliphatic heterocycles. The maximum Gasteiger partial charge on any atom is 0.255 e. The van der Waals surface area contributed by atoms with Gasteiger partial charge >= 0.3 is 0 Å². The van der Waals surface area contributed by atoms with E-state index in [1.54, 1.807) is 12.1 Å². The number of nitrogens with one attached hydrogen (secondary N) is 2. The van der Waals surface area contributed by atoms with Crippen LogP contribution in [0.2, 0.25) is 0 Å². The quantitative estimate of drug-likeness (QED) is 0.656. The van der Waals surface area contributed by atoms with Crippen molar-refractivity contribution >= 4 is 28.3 Å². The SMILES string of the molecule is CC(=O)Nc1ccc(CCNC(=O)c2ccc3ccccc3c2O)cc1.[HH]. The molecule has 0 aliphatic rings. The third-order valence-corrected chi connectivity index (χ3v) is 4.12. The maximum atomic E-state index is 12.4. The Balaban J connectivity index is 0.00000261. The average molecular weight is 350 g/mol. The molecule has 0 saturated heterocycles. The van der Waals surface area contributed by atoms with E-state index < -0.39 is 0 Å². The molecule has 3 N–H and O–H groups in total. The van der Waals surface area contributed by atoms with Gasteiger partial charge in [0.25, 0.3) is 5.91 Å². The molecule has 0 bridgehead atoms. The highest BCUT2D eigenvalue weighted by molar-refractivity contribution is 6.03. The van der Waals surface area contributed by atoms with Crippen molar-refractivity contribution in [2.45, 2.75) is 13.3 Å². The predicted molar refractivity (Wildman–Crippen MR) is 105 cm³/mol. The Morgan fingerprint density at radius 1 is 1.00 bits per heavy atom. The molecule has 0 aromatic heterocycles. The summed E-state index contributed by atoms with van der Waals surface area (Å²) in [5, 5.41) is 17.4. The molecule has 26 heavy (non-hydrogen) atoms. The van der Waals surface area contributed by atoms with Gasteiger partial charge in [-0.25, -0.2) is 0 Å². The minimum atomic E-state index is -0.303. The van der Waals surface area contributed by atoms with Crippen molar-refractivity contribution in [2.24, 2.45) is 0 Å². The fourth-order valence-electron chi connectivity index (χ4n) is 2.81. The predicted octanol–water partition coefficient (Wildman–Crippen LogP) is 3.72. The highest BCUT2D eigenvalue weighted by Gasteiger charge is 2.13. The molecule has 5 heteroatoms. The standard InChI is InChI=1S/C21H20N2O3.H2/c1-14(24)23-17-9-6-15(7-10-17)12-13-22-21(26)19-11-8-16-4-2-3-5-18(16)20(19)25;/h2-11,25H,12-13H2,1H3,(H,22,26)(H,23,24);1H. The normalized spacial score (nSPS) is 10.5. The Morgan fingerprint density at radius 3 is 2.46 bits per heavy atom. The minimum Gasteiger partial charge on any atom is -0.506 e. The first-order valence-corrected chi connectivity index (χ1v) is 8.40. The van der Waals surface area contributed by atoms with Crippen LogP contribution in [-0.2, 0) is 11.2 Å². The summed E-state index contributed by atoms with van der Waals surface area (Å²) in [5.74, 6) is -0.413. The van der Waals surface area contributed by atoms with E-state index in [1.807, 2.05) is 48.5 Å². The summed E-state index contributed by atoms with van der Waals surface area (Å²) in [6.45, 7) is 1.91. The lowest BCUT2D eigenvalue weighted by Crippen LogP contribution is -2.25. The molecule has 0 aliphatic carbocycles. The molecular weight excluding hydrogens is 328 g/mol. The first kappa shape index (κ1) is 17.5. The van der Waals surface area contributed by atoms with Crippen LogP contribution in [0.3, 0.4) is 0 Å². The third kappa shape index (κ3) is 4.00. The molecule has 0 saturated carbocycles. The zero-order chi connectivity index (χ0) is 18.5. The van der Waals surface area contributed by atoms with Crippen molar-refractivity contribution in [1.29, 1.82) is 0 Å². The van der Waals surface area contributed by atoms with Crippen molar-refractivity contribution in [1.82, 2.24) is 5.32 Å². The number of phenolic OH excluding ortho intramolecular Hbond substituents is 1. The molecule has 0 unspecified atom stereocenters. The van der Waals surface area contributed by atoms with Crippen LogP contribution >= 0.6 is 0 Å². The van der Waals surface area contributed by atoms with E-state index in [2.05, 4.69) is 10.6 Å². The van der Waals surface area contributed by atoms with Gasteiger partial charge in [0.05, 0.1) is 5.56 Å². The van der Waals surface area contributed by atoms with Crippen molar-refractivity contribution in [3.05, 3.63) is 71.8 Å². The molecular formula is C21H22N2O3. The largest absolute Gasteiger partial charge is 0.506 e. The van der Waals surface area contributed by atoms with Gasteiger partial charge in [0.1, 0.15) is 5.75 Å². The van der Waals surface area contributed by atoms with Crippen LogP contribution in [0.4, 0.5) is 5.69 Å². The number of carbonyl (C=O) groups excluding carboxylic acids is 2. The summed E-state index contributed by atoms with van der Waals surface area (Å²) in [6, 6.07) is 18.3. The monoisotopic (exact) mass is 350 g/mol. The van der Waals surface area contributed by atoms with Crippen LogP contribution in [-0.4, -0.2) is 23.5 Å². The molecule has 3 rings (SSSR count). The molecule has 0 heterocycles. The van der Waals surface area contributed by atoms with Gasteiger partial charge in [-0.3, -0.25) is 9.59 Å². The lowest BCUT2D eigenvalue weighted by Gasteiger charge is -2.09. The smallest absolute Gasteiger partial charge is 0.255 e. The van der Waals surface area contributed by atoms with Crippen LogP contribution in [0.15, 0.2) is 60.7 Å². The van der Waals surface area contributed by atoms with E-state index in [0.29, 0.717) is 18.4 Å². The minimum absolute atomic E-state index is 0. The summed E-state index contributed by atoms with van der Waals surface area (Å²) < 4.78 is 0. The van der Waals surface area contributed by atoms with Crippen LogP contribution < -0.4 is 10.6 Å². The van der Waals surface area contributed by atoms with Gasteiger partial charge in [0.15, 0.2) is 0 Å². The Labute approximate surface area is 153 Å². The molecule has 0 fully saturated rings. The number of benzene rings is 3. The van der Waals surface area contributed by atoms with E-state index in [-0.39, 0.29) is 24.6 Å². The fraction of sp³-hybridized carbons (Fsp3) is 0.143. The number of phenols is 1. The first-order valence-electron chi connectivity index (χ1n) is 8.40. The number of amides is 2. The van der Waals surface area contributed by atoms with Crippen molar-refractivity contribution in [2.75, 3.05) is 11.9 Å². The molecule has 0 spiro atoms. The van der Waals surface area contributed by atoms with Crippen molar-refractivity contribution in [3.63, 3.8) is 0 Å². The summed E-state index contributed by atoms with van der Waals surface area (Å²) in [7, 11) is 0. The Bertz CT molecular complexity index is 955. The van der Waals surface area contributed by atoms with E-state index in [4.69, 9.17) is 0 Å². The van der Waals surface area contributed by atoms with Crippen LogP contribution in [0, 0.1) is 0 Å². The summed E-state index contributed by atoms with van der Waals surface area (Å²) in [6.07, 6.45) is 0.653. The van der Waals surface area contributed by atoms with E-state index in [9.17, 15) is 14.7 Å². The van der Waals surface area contributed by atoms with Gasteiger partial charge in [-0.2, -0.15) is 0 Å². The van der Waals surface area contributed by atoms with E-state index in [1.165, 1.54) is 6.92 Å². The van der Waals surface area contributed by atoms with Crippen molar-refractivity contribution < 1.29 is 16.1 Å². The molecule has 3 aromatic rings. The number of rotatable bonds is 5. The number of aromatic hydroxyl groups is 1. The summed E-state index contributed by atoms with van der Waals surface area (Å²) in [5.41, 5.74) is 2.05. The second-order valence-electron chi connectivity index (χ2n) is 6.07. The van der Waals surface area contributed by atoms with Crippen LogP contribution in [0.1, 0.15) is 24.3 Å². The lowest BCUT2D eigenvalue weighted by atomic mass is 10.0. The van der Waals surface area contributed by atoms with E-state index >= 15 is 0 Å². The maximum absolute atomic E-state index is 12.4.